The lowest BCUT2D eigenvalue weighted by Gasteiger charge is -2.11. The Morgan fingerprint density at radius 1 is 1.05 bits per heavy atom. The Hall–Kier alpha value is -2.48. The minimum absolute atomic E-state index is 0.449. The maximum atomic E-state index is 12.4. The fourth-order valence-corrected chi connectivity index (χ4v) is 1.76. The lowest BCUT2D eigenvalue weighted by molar-refractivity contribution is -0.137. The third-order valence-electron chi connectivity index (χ3n) is 2.79. The Balaban J connectivity index is 2.25. The number of hydrogen-bond donors (Lipinski definition) is 1. The third-order valence-corrected chi connectivity index (χ3v) is 2.79. The molecule has 0 unspecified atom stereocenters. The van der Waals surface area contributed by atoms with Gasteiger partial charge >= 0.3 is 6.18 Å². The predicted octanol–water partition coefficient (Wildman–Crippen LogP) is 4.63. The molecule has 0 saturated carbocycles. The summed E-state index contributed by atoms with van der Waals surface area (Å²) >= 11 is 0. The van der Waals surface area contributed by atoms with Crippen LogP contribution in [0.2, 0.25) is 0 Å². The zero-order valence-corrected chi connectivity index (χ0v) is 10.6. The van der Waals surface area contributed by atoms with Gasteiger partial charge in [0.25, 0.3) is 0 Å². The first-order valence-electron chi connectivity index (χ1n) is 5.85. The molecule has 102 valence electrons. The highest BCUT2D eigenvalue weighted by atomic mass is 19.4. The summed E-state index contributed by atoms with van der Waals surface area (Å²) in [6, 6.07) is 12.0. The first kappa shape index (κ1) is 13.9. The van der Waals surface area contributed by atoms with E-state index in [1.807, 2.05) is 19.1 Å². The Morgan fingerprint density at radius 3 is 2.25 bits per heavy atom. The zero-order chi connectivity index (χ0) is 14.8. The number of nitrogens with zero attached hydrogens (tertiary/aromatic N) is 1. The summed E-state index contributed by atoms with van der Waals surface area (Å²) in [5.41, 5.74) is 1.76. The molecule has 2 nitrogen and oxygen atoms in total. The van der Waals surface area contributed by atoms with Gasteiger partial charge in [0.2, 0.25) is 0 Å². The van der Waals surface area contributed by atoms with E-state index in [0.29, 0.717) is 16.9 Å². The minimum atomic E-state index is -4.35. The third kappa shape index (κ3) is 3.09. The van der Waals surface area contributed by atoms with Gasteiger partial charge in [0, 0.05) is 5.69 Å². The van der Waals surface area contributed by atoms with Crippen LogP contribution >= 0.6 is 0 Å². The van der Waals surface area contributed by atoms with Crippen LogP contribution in [0, 0.1) is 18.3 Å². The molecule has 2 aromatic rings. The highest BCUT2D eigenvalue weighted by molar-refractivity contribution is 5.67. The molecule has 20 heavy (non-hydrogen) atoms. The van der Waals surface area contributed by atoms with Crippen molar-refractivity contribution in [2.24, 2.45) is 0 Å². The number of hydrogen-bond acceptors (Lipinski definition) is 2. The molecule has 5 heteroatoms. The molecule has 2 aromatic carbocycles. The predicted molar refractivity (Wildman–Crippen MR) is 70.6 cm³/mol. The van der Waals surface area contributed by atoms with Crippen LogP contribution in [-0.4, -0.2) is 0 Å². The van der Waals surface area contributed by atoms with Crippen molar-refractivity contribution in [2.75, 3.05) is 5.32 Å². The molecule has 0 atom stereocenters. The van der Waals surface area contributed by atoms with Crippen molar-refractivity contribution < 1.29 is 13.2 Å². The molecular weight excluding hydrogens is 265 g/mol. The van der Waals surface area contributed by atoms with Gasteiger partial charge in [-0.3, -0.25) is 0 Å². The molecule has 0 spiro atoms. The van der Waals surface area contributed by atoms with Gasteiger partial charge in [0.15, 0.2) is 0 Å². The second kappa shape index (κ2) is 5.25. The Bertz CT molecular complexity index is 652. The summed E-state index contributed by atoms with van der Waals surface area (Å²) in [7, 11) is 0. The van der Waals surface area contributed by atoms with E-state index in [4.69, 9.17) is 5.26 Å². The van der Waals surface area contributed by atoms with Crippen molar-refractivity contribution in [3.63, 3.8) is 0 Å². The summed E-state index contributed by atoms with van der Waals surface area (Å²) in [5, 5.41) is 12.0. The van der Waals surface area contributed by atoms with Gasteiger partial charge in [0.05, 0.1) is 16.8 Å². The number of benzene rings is 2. The van der Waals surface area contributed by atoms with Crippen molar-refractivity contribution in [3.8, 4) is 6.07 Å². The molecule has 0 aliphatic heterocycles. The lowest BCUT2D eigenvalue weighted by atomic mass is 10.1. The van der Waals surface area contributed by atoms with Crippen LogP contribution in [0.5, 0.6) is 0 Å². The Kier molecular flexibility index (Phi) is 3.66. The topological polar surface area (TPSA) is 35.8 Å². The van der Waals surface area contributed by atoms with Crippen LogP contribution in [0.15, 0.2) is 42.5 Å². The van der Waals surface area contributed by atoms with Crippen LogP contribution in [-0.2, 0) is 6.18 Å². The van der Waals surface area contributed by atoms with E-state index in [1.54, 1.807) is 12.1 Å². The van der Waals surface area contributed by atoms with E-state index in [1.165, 1.54) is 12.1 Å². The number of rotatable bonds is 2. The van der Waals surface area contributed by atoms with Crippen molar-refractivity contribution in [2.45, 2.75) is 13.1 Å². The van der Waals surface area contributed by atoms with Crippen LogP contribution in [0.25, 0.3) is 0 Å². The van der Waals surface area contributed by atoms with Crippen molar-refractivity contribution in [1.82, 2.24) is 0 Å². The van der Waals surface area contributed by atoms with E-state index in [9.17, 15) is 13.2 Å². The summed E-state index contributed by atoms with van der Waals surface area (Å²) in [5.74, 6) is 0. The normalized spacial score (nSPS) is 10.9. The largest absolute Gasteiger partial charge is 0.416 e. The molecule has 0 bridgehead atoms. The van der Waals surface area contributed by atoms with Crippen molar-refractivity contribution >= 4 is 11.4 Å². The van der Waals surface area contributed by atoms with Gasteiger partial charge < -0.3 is 5.32 Å². The van der Waals surface area contributed by atoms with E-state index in [-0.39, 0.29) is 0 Å². The Morgan fingerprint density at radius 2 is 1.70 bits per heavy atom. The first-order chi connectivity index (χ1) is 9.40. The summed E-state index contributed by atoms with van der Waals surface area (Å²) < 4.78 is 37.3. The van der Waals surface area contributed by atoms with Crippen LogP contribution in [0.3, 0.4) is 0 Å². The Labute approximate surface area is 114 Å². The van der Waals surface area contributed by atoms with E-state index in [2.05, 4.69) is 5.32 Å². The van der Waals surface area contributed by atoms with Crippen molar-refractivity contribution in [3.05, 3.63) is 59.2 Å². The number of aryl methyl sites for hydroxylation is 1. The molecule has 1 N–H and O–H groups in total. The fourth-order valence-electron chi connectivity index (χ4n) is 1.76. The van der Waals surface area contributed by atoms with Crippen molar-refractivity contribution in [1.29, 1.82) is 5.26 Å². The van der Waals surface area contributed by atoms with Gasteiger partial charge in [0.1, 0.15) is 6.07 Å². The standard InChI is InChI=1S/C15H11F3N2/c1-10-2-7-14(11(8-10)9-19)20-13-5-3-12(4-6-13)15(16,17)18/h2-8,20H,1H3. The average Bonchev–Trinajstić information content (AvgIpc) is 2.40. The molecule has 0 radical (unpaired) electrons. The van der Waals surface area contributed by atoms with Gasteiger partial charge in [-0.1, -0.05) is 6.07 Å². The SMILES string of the molecule is Cc1ccc(Nc2ccc(C(F)(F)F)cc2)c(C#N)c1. The number of alkyl halides is 3. The summed E-state index contributed by atoms with van der Waals surface area (Å²) in [6.45, 7) is 1.86. The van der Waals surface area contributed by atoms with Gasteiger partial charge in [-0.15, -0.1) is 0 Å². The maximum absolute atomic E-state index is 12.4. The molecule has 0 aliphatic carbocycles. The quantitative estimate of drug-likeness (QED) is 0.868. The highest BCUT2D eigenvalue weighted by Crippen LogP contribution is 2.30. The monoisotopic (exact) mass is 276 g/mol. The molecule has 0 aliphatic rings. The first-order valence-corrected chi connectivity index (χ1v) is 5.85. The number of nitrogens with one attached hydrogen (secondary N) is 1. The molecular formula is C15H11F3N2. The molecule has 0 heterocycles. The molecule has 2 rings (SSSR count). The van der Waals surface area contributed by atoms with Gasteiger partial charge in [-0.25, -0.2) is 0 Å². The lowest BCUT2D eigenvalue weighted by Crippen LogP contribution is -2.04. The van der Waals surface area contributed by atoms with E-state index >= 15 is 0 Å². The van der Waals surface area contributed by atoms with E-state index < -0.39 is 11.7 Å². The smallest absolute Gasteiger partial charge is 0.354 e. The minimum Gasteiger partial charge on any atom is -0.354 e. The number of anilines is 2. The van der Waals surface area contributed by atoms with Crippen LogP contribution in [0.4, 0.5) is 24.5 Å². The average molecular weight is 276 g/mol. The zero-order valence-electron chi connectivity index (χ0n) is 10.6. The number of nitriles is 1. The van der Waals surface area contributed by atoms with Gasteiger partial charge in [-0.2, -0.15) is 18.4 Å². The molecule has 0 amide bonds. The molecule has 0 fully saturated rings. The number of halogens is 3. The fraction of sp³-hybridized carbons (Fsp3) is 0.133. The summed E-state index contributed by atoms with van der Waals surface area (Å²) in [6.07, 6.45) is -4.35. The second-order valence-corrected chi connectivity index (χ2v) is 4.36. The molecule has 0 saturated heterocycles. The highest BCUT2D eigenvalue weighted by Gasteiger charge is 2.29. The van der Waals surface area contributed by atoms with Crippen LogP contribution in [0.1, 0.15) is 16.7 Å². The summed E-state index contributed by atoms with van der Waals surface area (Å²) in [4.78, 5) is 0. The van der Waals surface area contributed by atoms with Crippen LogP contribution < -0.4 is 5.32 Å². The maximum Gasteiger partial charge on any atom is 0.416 e. The molecule has 0 aromatic heterocycles. The second-order valence-electron chi connectivity index (χ2n) is 4.36. The van der Waals surface area contributed by atoms with Gasteiger partial charge in [-0.05, 0) is 48.9 Å². The van der Waals surface area contributed by atoms with E-state index in [0.717, 1.165) is 17.7 Å².